The Balaban J connectivity index is 1.71. The molecule has 0 aliphatic carbocycles. The van der Waals surface area contributed by atoms with E-state index in [1.807, 2.05) is 6.92 Å². The minimum absolute atomic E-state index is 0.0625. The van der Waals surface area contributed by atoms with Crippen molar-refractivity contribution in [3.8, 4) is 17.2 Å². The van der Waals surface area contributed by atoms with Crippen molar-refractivity contribution in [1.82, 2.24) is 0 Å². The van der Waals surface area contributed by atoms with E-state index in [1.165, 1.54) is 21.3 Å². The summed E-state index contributed by atoms with van der Waals surface area (Å²) in [7, 11) is 4.48. The zero-order chi connectivity index (χ0) is 28.3. The van der Waals surface area contributed by atoms with Gasteiger partial charge in [-0.15, -0.1) is 0 Å². The van der Waals surface area contributed by atoms with Gasteiger partial charge in [0.25, 0.3) is 0 Å². The monoisotopic (exact) mass is 534 g/mol. The van der Waals surface area contributed by atoms with Crippen LogP contribution in [0, 0.1) is 5.41 Å². The summed E-state index contributed by atoms with van der Waals surface area (Å²) in [5.41, 5.74) is 0.443. The van der Waals surface area contributed by atoms with E-state index in [2.05, 4.69) is 0 Å². The molecule has 0 saturated carbocycles. The summed E-state index contributed by atoms with van der Waals surface area (Å²) in [5, 5.41) is 0. The van der Waals surface area contributed by atoms with Crippen LogP contribution in [0.4, 0.5) is 0 Å². The van der Waals surface area contributed by atoms with Gasteiger partial charge in [-0.2, -0.15) is 0 Å². The maximum atomic E-state index is 13.3. The topological polar surface area (TPSA) is 97.4 Å². The summed E-state index contributed by atoms with van der Waals surface area (Å²) in [6, 6.07) is 20.6. The van der Waals surface area contributed by atoms with Crippen molar-refractivity contribution in [1.29, 1.82) is 0 Å². The van der Waals surface area contributed by atoms with E-state index >= 15 is 0 Å². The first kappa shape index (κ1) is 29.2. The van der Waals surface area contributed by atoms with Gasteiger partial charge >= 0.3 is 11.9 Å². The minimum Gasteiger partial charge on any atom is -0.496 e. The maximum Gasteiger partial charge on any atom is 0.341 e. The number of esters is 2. The maximum absolute atomic E-state index is 13.3. The highest BCUT2D eigenvalue weighted by molar-refractivity contribution is 5.99. The SMILES string of the molecule is COc1ccccc1C(=O)CC(C)(CCOC(=O)c1ccccc1OC)CCOC(=O)c1ccccc1OC. The third-order valence-corrected chi connectivity index (χ3v) is 6.53. The lowest BCUT2D eigenvalue weighted by Gasteiger charge is -2.29. The van der Waals surface area contributed by atoms with Crippen molar-refractivity contribution in [3.63, 3.8) is 0 Å². The molecule has 8 nitrogen and oxygen atoms in total. The van der Waals surface area contributed by atoms with Gasteiger partial charge in [-0.3, -0.25) is 4.79 Å². The molecule has 3 rings (SSSR count). The second-order valence-corrected chi connectivity index (χ2v) is 9.28. The van der Waals surface area contributed by atoms with Crippen LogP contribution in [0.5, 0.6) is 17.2 Å². The number of hydrogen-bond acceptors (Lipinski definition) is 8. The fourth-order valence-corrected chi connectivity index (χ4v) is 4.22. The minimum atomic E-state index is -0.653. The molecule has 0 radical (unpaired) electrons. The molecule has 3 aromatic carbocycles. The number of carbonyl (C=O) groups is 3. The molecule has 0 spiro atoms. The quantitative estimate of drug-likeness (QED) is 0.190. The van der Waals surface area contributed by atoms with Crippen molar-refractivity contribution >= 4 is 17.7 Å². The third kappa shape index (κ3) is 7.83. The highest BCUT2D eigenvalue weighted by atomic mass is 16.5. The van der Waals surface area contributed by atoms with Crippen molar-refractivity contribution in [2.75, 3.05) is 34.5 Å². The van der Waals surface area contributed by atoms with Gasteiger partial charge in [0.1, 0.15) is 28.4 Å². The smallest absolute Gasteiger partial charge is 0.341 e. The van der Waals surface area contributed by atoms with E-state index in [4.69, 9.17) is 23.7 Å². The number of methoxy groups -OCH3 is 3. The number of carbonyl (C=O) groups excluding carboxylic acids is 3. The largest absolute Gasteiger partial charge is 0.496 e. The van der Waals surface area contributed by atoms with Crippen LogP contribution in [0.3, 0.4) is 0 Å². The highest BCUT2D eigenvalue weighted by Gasteiger charge is 2.30. The number of hydrogen-bond donors (Lipinski definition) is 0. The Bertz CT molecular complexity index is 1220. The molecule has 0 N–H and O–H groups in total. The summed E-state index contributed by atoms with van der Waals surface area (Å²) < 4.78 is 27.0. The van der Waals surface area contributed by atoms with E-state index in [1.54, 1.807) is 72.8 Å². The molecule has 0 heterocycles. The lowest BCUT2D eigenvalue weighted by atomic mass is 9.78. The van der Waals surface area contributed by atoms with Gasteiger partial charge in [-0.25, -0.2) is 9.59 Å². The molecule has 0 amide bonds. The van der Waals surface area contributed by atoms with Crippen LogP contribution in [-0.4, -0.2) is 52.3 Å². The van der Waals surface area contributed by atoms with Crippen LogP contribution < -0.4 is 14.2 Å². The second-order valence-electron chi connectivity index (χ2n) is 9.28. The Kier molecular flexibility index (Phi) is 10.5. The fourth-order valence-electron chi connectivity index (χ4n) is 4.22. The molecule has 0 aliphatic heterocycles. The van der Waals surface area contributed by atoms with E-state index in [-0.39, 0.29) is 25.4 Å². The van der Waals surface area contributed by atoms with Gasteiger partial charge in [0, 0.05) is 6.42 Å². The Morgan fingerprint density at radius 3 is 1.36 bits per heavy atom. The first-order valence-electron chi connectivity index (χ1n) is 12.6. The van der Waals surface area contributed by atoms with E-state index < -0.39 is 17.4 Å². The summed E-state index contributed by atoms with van der Waals surface area (Å²) in [5.74, 6) is 0.152. The van der Waals surface area contributed by atoms with E-state index in [0.29, 0.717) is 46.8 Å². The summed E-state index contributed by atoms with van der Waals surface area (Å²) in [6.07, 6.45) is 0.855. The van der Waals surface area contributed by atoms with E-state index in [9.17, 15) is 14.4 Å². The molecule has 0 atom stereocenters. The Morgan fingerprint density at radius 2 is 0.949 bits per heavy atom. The Morgan fingerprint density at radius 1 is 0.590 bits per heavy atom. The molecule has 0 fully saturated rings. The first-order valence-corrected chi connectivity index (χ1v) is 12.6. The molecule has 0 bridgehead atoms. The van der Waals surface area contributed by atoms with Crippen molar-refractivity contribution < 1.29 is 38.1 Å². The zero-order valence-corrected chi connectivity index (χ0v) is 22.7. The average molecular weight is 535 g/mol. The predicted molar refractivity (Wildman–Crippen MR) is 146 cm³/mol. The van der Waals surface area contributed by atoms with Crippen molar-refractivity contribution in [2.24, 2.45) is 5.41 Å². The summed E-state index contributed by atoms with van der Waals surface area (Å²) >= 11 is 0. The van der Waals surface area contributed by atoms with Gasteiger partial charge < -0.3 is 23.7 Å². The fraction of sp³-hybridized carbons (Fsp3) is 0.323. The molecule has 8 heteroatoms. The number of para-hydroxylation sites is 3. The van der Waals surface area contributed by atoms with Crippen LogP contribution in [0.1, 0.15) is 57.3 Å². The normalized spacial score (nSPS) is 10.9. The van der Waals surface area contributed by atoms with Crippen molar-refractivity contribution in [3.05, 3.63) is 89.5 Å². The highest BCUT2D eigenvalue weighted by Crippen LogP contribution is 2.34. The molecule has 0 aliphatic rings. The molecule has 39 heavy (non-hydrogen) atoms. The molecule has 3 aromatic rings. The predicted octanol–water partition coefficient (Wildman–Crippen LogP) is 5.79. The average Bonchev–Trinajstić information content (AvgIpc) is 2.96. The lowest BCUT2D eigenvalue weighted by molar-refractivity contribution is 0.0357. The van der Waals surface area contributed by atoms with Crippen LogP contribution in [-0.2, 0) is 9.47 Å². The molecule has 0 aromatic heterocycles. The van der Waals surface area contributed by atoms with Crippen molar-refractivity contribution in [2.45, 2.75) is 26.2 Å². The first-order chi connectivity index (χ1) is 18.8. The summed E-state index contributed by atoms with van der Waals surface area (Å²) in [4.78, 5) is 38.7. The zero-order valence-electron chi connectivity index (χ0n) is 22.7. The number of rotatable bonds is 14. The lowest BCUT2D eigenvalue weighted by Crippen LogP contribution is -2.26. The standard InChI is InChI=1S/C31H34O8/c1-31(21-25(32)22-11-5-8-14-26(22)35-2,17-19-38-29(33)23-12-6-9-15-27(23)36-3)18-20-39-30(34)24-13-7-10-16-28(24)37-4/h5-16H,17-21H2,1-4H3. The van der Waals surface area contributed by atoms with Gasteiger partial charge in [-0.05, 0) is 54.7 Å². The third-order valence-electron chi connectivity index (χ3n) is 6.53. The number of benzene rings is 3. The van der Waals surface area contributed by atoms with Crippen LogP contribution in [0.15, 0.2) is 72.8 Å². The van der Waals surface area contributed by atoms with Crippen LogP contribution in [0.2, 0.25) is 0 Å². The Hall–Kier alpha value is -4.33. The molecule has 0 saturated heterocycles. The molecular weight excluding hydrogens is 500 g/mol. The molecule has 0 unspecified atom stereocenters. The van der Waals surface area contributed by atoms with Gasteiger partial charge in [-0.1, -0.05) is 43.3 Å². The van der Waals surface area contributed by atoms with Crippen LogP contribution in [0.25, 0.3) is 0 Å². The Labute approximate surface area is 228 Å². The van der Waals surface area contributed by atoms with Crippen LogP contribution >= 0.6 is 0 Å². The molecule has 206 valence electrons. The second kappa shape index (κ2) is 14.0. The summed E-state index contributed by atoms with van der Waals surface area (Å²) in [6.45, 7) is 2.04. The molecular formula is C31H34O8. The number of Topliss-reactive ketones (excluding diaryl/α,β-unsaturated/α-hetero) is 1. The van der Waals surface area contributed by atoms with Gasteiger partial charge in [0.15, 0.2) is 5.78 Å². The number of ketones is 1. The van der Waals surface area contributed by atoms with E-state index in [0.717, 1.165) is 0 Å². The number of ether oxygens (including phenoxy) is 5. The van der Waals surface area contributed by atoms with Gasteiger partial charge in [0.2, 0.25) is 0 Å². The van der Waals surface area contributed by atoms with Gasteiger partial charge in [0.05, 0.1) is 40.1 Å².